The van der Waals surface area contributed by atoms with E-state index in [2.05, 4.69) is 26.1 Å². The Morgan fingerprint density at radius 2 is 1.47 bits per heavy atom. The number of carboxylic acids is 1. The Labute approximate surface area is 116 Å². The first-order valence-electron chi connectivity index (χ1n) is 6.69. The van der Waals surface area contributed by atoms with Gasteiger partial charge in [-0.3, -0.25) is 5.32 Å². The first-order valence-corrected chi connectivity index (χ1v) is 6.69. The van der Waals surface area contributed by atoms with Gasteiger partial charge in [0.25, 0.3) is 0 Å². The summed E-state index contributed by atoms with van der Waals surface area (Å²) in [7, 11) is 0. The van der Waals surface area contributed by atoms with E-state index in [1.54, 1.807) is 6.92 Å². The third-order valence-corrected chi connectivity index (χ3v) is 3.33. The number of carboxylic acid groups (broad SMARTS) is 1. The molecule has 1 aromatic rings. The molecule has 0 saturated heterocycles. The first kappa shape index (κ1) is 15.7. The maximum Gasteiger partial charge on any atom is 0.328 e. The molecule has 0 spiro atoms. The average molecular weight is 263 g/mol. The Kier molecular flexibility index (Phi) is 4.41. The second-order valence-electron chi connectivity index (χ2n) is 6.56. The molecule has 106 valence electrons. The predicted octanol–water partition coefficient (Wildman–Crippen LogP) is 3.28. The van der Waals surface area contributed by atoms with Gasteiger partial charge in [0.2, 0.25) is 0 Å². The van der Waals surface area contributed by atoms with Crippen LogP contribution in [-0.2, 0) is 15.7 Å². The highest BCUT2D eigenvalue weighted by Gasteiger charge is 2.35. The standard InChI is InChI=1S/C16H25NO2/c1-11(2)17-16(6,14(18)19)13-9-7-12(8-10-13)15(3,4)5/h7-11,17H,1-6H3,(H,18,19). The van der Waals surface area contributed by atoms with Gasteiger partial charge < -0.3 is 5.11 Å². The summed E-state index contributed by atoms with van der Waals surface area (Å²) >= 11 is 0. The first-order chi connectivity index (χ1) is 8.57. The molecule has 3 nitrogen and oxygen atoms in total. The maximum absolute atomic E-state index is 11.6. The van der Waals surface area contributed by atoms with Crippen molar-refractivity contribution in [3.8, 4) is 0 Å². The van der Waals surface area contributed by atoms with Crippen molar-refractivity contribution in [2.75, 3.05) is 0 Å². The summed E-state index contributed by atoms with van der Waals surface area (Å²) in [6.07, 6.45) is 0. The van der Waals surface area contributed by atoms with E-state index in [1.165, 1.54) is 5.56 Å². The molecule has 1 atom stereocenters. The van der Waals surface area contributed by atoms with E-state index in [9.17, 15) is 9.90 Å². The van der Waals surface area contributed by atoms with Crippen LogP contribution in [0.4, 0.5) is 0 Å². The summed E-state index contributed by atoms with van der Waals surface area (Å²) in [5.41, 5.74) is 1.00. The fourth-order valence-corrected chi connectivity index (χ4v) is 2.15. The highest BCUT2D eigenvalue weighted by atomic mass is 16.4. The average Bonchev–Trinajstić information content (AvgIpc) is 2.26. The summed E-state index contributed by atoms with van der Waals surface area (Å²) in [6.45, 7) is 12.0. The molecular weight excluding hydrogens is 238 g/mol. The number of hydrogen-bond donors (Lipinski definition) is 2. The number of nitrogens with one attached hydrogen (secondary N) is 1. The van der Waals surface area contributed by atoms with Gasteiger partial charge in [-0.1, -0.05) is 45.0 Å². The maximum atomic E-state index is 11.6. The molecule has 0 radical (unpaired) electrons. The highest BCUT2D eigenvalue weighted by Crippen LogP contribution is 2.27. The van der Waals surface area contributed by atoms with Crippen LogP contribution in [0.1, 0.15) is 52.7 Å². The van der Waals surface area contributed by atoms with Gasteiger partial charge in [-0.2, -0.15) is 0 Å². The van der Waals surface area contributed by atoms with Crippen molar-refractivity contribution in [3.05, 3.63) is 35.4 Å². The fourth-order valence-electron chi connectivity index (χ4n) is 2.15. The van der Waals surface area contributed by atoms with Gasteiger partial charge in [0, 0.05) is 6.04 Å². The van der Waals surface area contributed by atoms with Gasteiger partial charge >= 0.3 is 5.97 Å². The number of benzene rings is 1. The summed E-state index contributed by atoms with van der Waals surface area (Å²) in [4.78, 5) is 11.6. The molecule has 0 amide bonds. The van der Waals surface area contributed by atoms with E-state index in [4.69, 9.17) is 0 Å². The highest BCUT2D eigenvalue weighted by molar-refractivity contribution is 5.80. The molecule has 1 rings (SSSR count). The molecule has 0 aromatic heterocycles. The predicted molar refractivity (Wildman–Crippen MR) is 78.4 cm³/mol. The molecular formula is C16H25NO2. The molecule has 0 aliphatic heterocycles. The largest absolute Gasteiger partial charge is 0.480 e. The van der Waals surface area contributed by atoms with Gasteiger partial charge in [0.15, 0.2) is 0 Å². The molecule has 0 heterocycles. The van der Waals surface area contributed by atoms with E-state index in [-0.39, 0.29) is 11.5 Å². The third-order valence-electron chi connectivity index (χ3n) is 3.33. The van der Waals surface area contributed by atoms with Crippen LogP contribution in [0.3, 0.4) is 0 Å². The van der Waals surface area contributed by atoms with Crippen molar-refractivity contribution in [1.29, 1.82) is 0 Å². The van der Waals surface area contributed by atoms with Crippen molar-refractivity contribution in [1.82, 2.24) is 5.32 Å². The van der Waals surface area contributed by atoms with Gasteiger partial charge in [-0.05, 0) is 37.3 Å². The Hall–Kier alpha value is -1.35. The topological polar surface area (TPSA) is 49.3 Å². The van der Waals surface area contributed by atoms with Crippen LogP contribution >= 0.6 is 0 Å². The minimum absolute atomic E-state index is 0.0730. The molecule has 1 unspecified atom stereocenters. The van der Waals surface area contributed by atoms with Crippen molar-refractivity contribution in [2.45, 2.75) is 58.5 Å². The van der Waals surface area contributed by atoms with Crippen LogP contribution in [0.15, 0.2) is 24.3 Å². The van der Waals surface area contributed by atoms with Crippen LogP contribution in [-0.4, -0.2) is 17.1 Å². The van der Waals surface area contributed by atoms with Gasteiger partial charge in [0.05, 0.1) is 0 Å². The molecule has 0 bridgehead atoms. The lowest BCUT2D eigenvalue weighted by atomic mass is 9.84. The summed E-state index contributed by atoms with van der Waals surface area (Å²) in [5, 5.41) is 12.6. The van der Waals surface area contributed by atoms with Crippen LogP contribution in [0.5, 0.6) is 0 Å². The van der Waals surface area contributed by atoms with Crippen LogP contribution in [0.2, 0.25) is 0 Å². The van der Waals surface area contributed by atoms with Gasteiger partial charge in [-0.15, -0.1) is 0 Å². The molecule has 3 heteroatoms. The molecule has 2 N–H and O–H groups in total. The lowest BCUT2D eigenvalue weighted by molar-refractivity contribution is -0.144. The Balaban J connectivity index is 3.15. The van der Waals surface area contributed by atoms with E-state index >= 15 is 0 Å². The third kappa shape index (κ3) is 3.57. The summed E-state index contributed by atoms with van der Waals surface area (Å²) in [6, 6.07) is 7.94. The molecule has 0 saturated carbocycles. The van der Waals surface area contributed by atoms with Crippen molar-refractivity contribution < 1.29 is 9.90 Å². The van der Waals surface area contributed by atoms with E-state index in [0.29, 0.717) is 0 Å². The van der Waals surface area contributed by atoms with Crippen molar-refractivity contribution in [3.63, 3.8) is 0 Å². The lowest BCUT2D eigenvalue weighted by Crippen LogP contribution is -2.49. The molecule has 19 heavy (non-hydrogen) atoms. The Morgan fingerprint density at radius 3 is 1.79 bits per heavy atom. The fraction of sp³-hybridized carbons (Fsp3) is 0.562. The Bertz CT molecular complexity index is 443. The van der Waals surface area contributed by atoms with Crippen LogP contribution < -0.4 is 5.32 Å². The zero-order chi connectivity index (χ0) is 14.8. The van der Waals surface area contributed by atoms with E-state index < -0.39 is 11.5 Å². The smallest absolute Gasteiger partial charge is 0.328 e. The minimum Gasteiger partial charge on any atom is -0.480 e. The molecule has 1 aromatic carbocycles. The minimum atomic E-state index is -1.05. The van der Waals surface area contributed by atoms with Crippen LogP contribution in [0.25, 0.3) is 0 Å². The molecule has 0 fully saturated rings. The zero-order valence-corrected chi connectivity index (χ0v) is 12.7. The normalized spacial score (nSPS) is 15.3. The van der Waals surface area contributed by atoms with Crippen LogP contribution in [0, 0.1) is 0 Å². The van der Waals surface area contributed by atoms with E-state index in [1.807, 2.05) is 38.1 Å². The second-order valence-corrected chi connectivity index (χ2v) is 6.56. The van der Waals surface area contributed by atoms with Gasteiger partial charge in [0.1, 0.15) is 5.54 Å². The number of aliphatic carboxylic acids is 1. The lowest BCUT2D eigenvalue weighted by Gasteiger charge is -2.30. The number of hydrogen-bond acceptors (Lipinski definition) is 2. The molecule has 0 aliphatic rings. The molecule has 0 aliphatic carbocycles. The quantitative estimate of drug-likeness (QED) is 0.876. The van der Waals surface area contributed by atoms with Gasteiger partial charge in [-0.25, -0.2) is 4.79 Å². The zero-order valence-electron chi connectivity index (χ0n) is 12.7. The summed E-state index contributed by atoms with van der Waals surface area (Å²) in [5.74, 6) is -0.857. The van der Waals surface area contributed by atoms with Crippen molar-refractivity contribution in [2.24, 2.45) is 0 Å². The summed E-state index contributed by atoms with van der Waals surface area (Å²) < 4.78 is 0. The number of rotatable bonds is 4. The monoisotopic (exact) mass is 263 g/mol. The van der Waals surface area contributed by atoms with Crippen molar-refractivity contribution >= 4 is 5.97 Å². The van der Waals surface area contributed by atoms with E-state index in [0.717, 1.165) is 5.56 Å². The number of carbonyl (C=O) groups is 1. The SMILES string of the molecule is CC(C)NC(C)(C(=O)O)c1ccc(C(C)(C)C)cc1. The Morgan fingerprint density at radius 1 is 1.05 bits per heavy atom. The second kappa shape index (κ2) is 5.33.